The molecule has 0 atom stereocenters. The Labute approximate surface area is 116 Å². The summed E-state index contributed by atoms with van der Waals surface area (Å²) < 4.78 is 15.2. The summed E-state index contributed by atoms with van der Waals surface area (Å²) in [5, 5.41) is 3.03. The van der Waals surface area contributed by atoms with Gasteiger partial charge in [-0.3, -0.25) is 4.98 Å². The number of hydrogen-bond acceptors (Lipinski definition) is 2. The second-order valence-corrected chi connectivity index (χ2v) is 5.32. The molecule has 1 heterocycles. The highest BCUT2D eigenvalue weighted by molar-refractivity contribution is 9.10. The topological polar surface area (TPSA) is 24.9 Å². The van der Waals surface area contributed by atoms with Crippen molar-refractivity contribution in [2.45, 2.75) is 6.54 Å². The number of halogens is 3. The molecule has 0 saturated carbocycles. The van der Waals surface area contributed by atoms with Gasteiger partial charge < -0.3 is 5.32 Å². The van der Waals surface area contributed by atoms with Crippen molar-refractivity contribution in [2.75, 3.05) is 5.32 Å². The Morgan fingerprint density at radius 3 is 2.65 bits per heavy atom. The van der Waals surface area contributed by atoms with Crippen LogP contribution >= 0.6 is 31.9 Å². The summed E-state index contributed by atoms with van der Waals surface area (Å²) >= 11 is 6.56. The minimum absolute atomic E-state index is 0.276. The van der Waals surface area contributed by atoms with Crippen molar-refractivity contribution >= 4 is 37.5 Å². The van der Waals surface area contributed by atoms with E-state index in [1.54, 1.807) is 24.5 Å². The number of pyridine rings is 1. The number of nitrogens with one attached hydrogen (secondary N) is 1. The van der Waals surface area contributed by atoms with Crippen molar-refractivity contribution in [1.82, 2.24) is 4.98 Å². The molecule has 88 valence electrons. The van der Waals surface area contributed by atoms with Crippen LogP contribution in [0.15, 0.2) is 45.6 Å². The van der Waals surface area contributed by atoms with E-state index < -0.39 is 0 Å². The van der Waals surface area contributed by atoms with Crippen LogP contribution < -0.4 is 5.32 Å². The number of rotatable bonds is 3. The van der Waals surface area contributed by atoms with Gasteiger partial charge in [-0.25, -0.2) is 4.39 Å². The van der Waals surface area contributed by atoms with Gasteiger partial charge in [0.15, 0.2) is 0 Å². The zero-order chi connectivity index (χ0) is 12.3. The van der Waals surface area contributed by atoms with Crippen molar-refractivity contribution < 1.29 is 4.39 Å². The third-order valence-corrected chi connectivity index (χ3v) is 3.10. The monoisotopic (exact) mass is 358 g/mol. The standard InChI is InChI=1S/C12H9Br2FN2/c13-9-1-2-12(11(15)4-9)17-6-8-3-10(14)7-16-5-8/h1-5,7,17H,6H2. The molecule has 0 aliphatic carbocycles. The fraction of sp³-hybridized carbons (Fsp3) is 0.0833. The van der Waals surface area contributed by atoms with E-state index in [1.807, 2.05) is 6.07 Å². The Morgan fingerprint density at radius 1 is 1.12 bits per heavy atom. The van der Waals surface area contributed by atoms with Crippen LogP contribution in [0.4, 0.5) is 10.1 Å². The van der Waals surface area contributed by atoms with Crippen molar-refractivity contribution in [3.8, 4) is 0 Å². The summed E-state index contributed by atoms with van der Waals surface area (Å²) in [6.07, 6.45) is 3.46. The Bertz CT molecular complexity index is 532. The molecule has 0 radical (unpaired) electrons. The molecule has 1 aromatic carbocycles. The zero-order valence-corrected chi connectivity index (χ0v) is 11.9. The molecule has 0 aliphatic rings. The average molecular weight is 360 g/mol. The van der Waals surface area contributed by atoms with Crippen LogP contribution in [0, 0.1) is 5.82 Å². The largest absolute Gasteiger partial charge is 0.379 e. The molecular formula is C12H9Br2FN2. The first-order valence-electron chi connectivity index (χ1n) is 4.93. The number of benzene rings is 1. The first-order valence-corrected chi connectivity index (χ1v) is 6.52. The van der Waals surface area contributed by atoms with Crippen LogP contribution in [0.25, 0.3) is 0 Å². The van der Waals surface area contributed by atoms with E-state index in [2.05, 4.69) is 42.2 Å². The SMILES string of the molecule is Fc1cc(Br)ccc1NCc1cncc(Br)c1. The Balaban J connectivity index is 2.07. The molecule has 2 nitrogen and oxygen atoms in total. The lowest BCUT2D eigenvalue weighted by molar-refractivity contribution is 0.629. The Kier molecular flexibility index (Phi) is 4.12. The summed E-state index contributed by atoms with van der Waals surface area (Å²) in [7, 11) is 0. The molecule has 0 fully saturated rings. The quantitative estimate of drug-likeness (QED) is 0.880. The van der Waals surface area contributed by atoms with Gasteiger partial charge in [-0.05, 0) is 45.8 Å². The van der Waals surface area contributed by atoms with E-state index in [9.17, 15) is 4.39 Å². The third kappa shape index (κ3) is 3.51. The van der Waals surface area contributed by atoms with Gasteiger partial charge in [0.1, 0.15) is 5.82 Å². The van der Waals surface area contributed by atoms with E-state index in [4.69, 9.17) is 0 Å². The van der Waals surface area contributed by atoms with Gasteiger partial charge in [0.25, 0.3) is 0 Å². The van der Waals surface area contributed by atoms with Crippen molar-refractivity contribution in [3.05, 3.63) is 57.0 Å². The number of anilines is 1. The summed E-state index contributed by atoms with van der Waals surface area (Å²) in [4.78, 5) is 4.04. The molecule has 0 amide bonds. The summed E-state index contributed by atoms with van der Waals surface area (Å²) in [5.41, 5.74) is 1.47. The molecule has 17 heavy (non-hydrogen) atoms. The molecule has 0 spiro atoms. The Hall–Kier alpha value is -0.940. The predicted octanol–water partition coefficient (Wildman–Crippen LogP) is 4.36. The van der Waals surface area contributed by atoms with E-state index in [1.165, 1.54) is 6.07 Å². The lowest BCUT2D eigenvalue weighted by Gasteiger charge is -2.07. The van der Waals surface area contributed by atoms with Gasteiger partial charge in [-0.1, -0.05) is 15.9 Å². The highest BCUT2D eigenvalue weighted by Crippen LogP contribution is 2.20. The molecule has 2 aromatic rings. The minimum Gasteiger partial charge on any atom is -0.379 e. The van der Waals surface area contributed by atoms with Crippen LogP contribution in [-0.2, 0) is 6.54 Å². The van der Waals surface area contributed by atoms with Crippen molar-refractivity contribution in [3.63, 3.8) is 0 Å². The maximum atomic E-state index is 13.5. The van der Waals surface area contributed by atoms with Crippen LogP contribution in [0.5, 0.6) is 0 Å². The molecule has 5 heteroatoms. The minimum atomic E-state index is -0.276. The maximum Gasteiger partial charge on any atom is 0.147 e. The lowest BCUT2D eigenvalue weighted by atomic mass is 10.2. The van der Waals surface area contributed by atoms with E-state index in [0.717, 1.165) is 14.5 Å². The van der Waals surface area contributed by atoms with Crippen LogP contribution in [0.2, 0.25) is 0 Å². The maximum absolute atomic E-state index is 13.5. The number of aromatic nitrogens is 1. The van der Waals surface area contributed by atoms with Crippen LogP contribution in [-0.4, -0.2) is 4.98 Å². The first-order chi connectivity index (χ1) is 8.15. The average Bonchev–Trinajstić information content (AvgIpc) is 2.28. The van der Waals surface area contributed by atoms with E-state index in [-0.39, 0.29) is 5.82 Å². The fourth-order valence-electron chi connectivity index (χ4n) is 1.38. The molecule has 0 bridgehead atoms. The molecule has 0 aliphatic heterocycles. The Morgan fingerprint density at radius 2 is 1.94 bits per heavy atom. The summed E-state index contributed by atoms with van der Waals surface area (Å²) in [6.45, 7) is 0.533. The second kappa shape index (κ2) is 5.60. The lowest BCUT2D eigenvalue weighted by Crippen LogP contribution is -2.01. The highest BCUT2D eigenvalue weighted by atomic mass is 79.9. The normalized spacial score (nSPS) is 10.3. The van der Waals surface area contributed by atoms with E-state index in [0.29, 0.717) is 12.2 Å². The van der Waals surface area contributed by atoms with Crippen LogP contribution in [0.3, 0.4) is 0 Å². The smallest absolute Gasteiger partial charge is 0.147 e. The zero-order valence-electron chi connectivity index (χ0n) is 8.75. The summed E-state index contributed by atoms with van der Waals surface area (Å²) in [5.74, 6) is -0.276. The van der Waals surface area contributed by atoms with Gasteiger partial charge in [-0.2, -0.15) is 0 Å². The summed E-state index contributed by atoms with van der Waals surface area (Å²) in [6, 6.07) is 6.87. The number of hydrogen-bond donors (Lipinski definition) is 1. The predicted molar refractivity (Wildman–Crippen MR) is 73.4 cm³/mol. The van der Waals surface area contributed by atoms with Gasteiger partial charge in [0.05, 0.1) is 5.69 Å². The molecule has 1 N–H and O–H groups in total. The molecule has 2 rings (SSSR count). The molecular weight excluding hydrogens is 351 g/mol. The van der Waals surface area contributed by atoms with Crippen molar-refractivity contribution in [2.24, 2.45) is 0 Å². The fourth-order valence-corrected chi connectivity index (χ4v) is 2.13. The van der Waals surface area contributed by atoms with E-state index >= 15 is 0 Å². The highest BCUT2D eigenvalue weighted by Gasteiger charge is 2.02. The third-order valence-electron chi connectivity index (χ3n) is 2.18. The second-order valence-electron chi connectivity index (χ2n) is 3.49. The van der Waals surface area contributed by atoms with Crippen molar-refractivity contribution in [1.29, 1.82) is 0 Å². The first kappa shape index (κ1) is 12.5. The van der Waals surface area contributed by atoms with Gasteiger partial charge in [-0.15, -0.1) is 0 Å². The molecule has 1 aromatic heterocycles. The molecule has 0 saturated heterocycles. The van der Waals surface area contributed by atoms with Gasteiger partial charge in [0.2, 0.25) is 0 Å². The van der Waals surface area contributed by atoms with Gasteiger partial charge >= 0.3 is 0 Å². The molecule has 0 unspecified atom stereocenters. The van der Waals surface area contributed by atoms with Gasteiger partial charge in [0, 0.05) is 27.9 Å². The number of nitrogens with zero attached hydrogens (tertiary/aromatic N) is 1. The van der Waals surface area contributed by atoms with Crippen LogP contribution in [0.1, 0.15) is 5.56 Å².